The molecule has 0 radical (unpaired) electrons. The van der Waals surface area contributed by atoms with Gasteiger partial charge in [-0.15, -0.1) is 5.11 Å². The van der Waals surface area contributed by atoms with Crippen molar-refractivity contribution in [3.05, 3.63) is 65.0 Å². The first-order valence-electron chi connectivity index (χ1n) is 11.2. The summed E-state index contributed by atoms with van der Waals surface area (Å²) in [5.41, 5.74) is 1.22. The van der Waals surface area contributed by atoms with Crippen molar-refractivity contribution in [2.24, 2.45) is 22.1 Å². The highest BCUT2D eigenvalue weighted by Gasteiger charge is 2.43. The van der Waals surface area contributed by atoms with Gasteiger partial charge in [-0.25, -0.2) is 0 Å². The number of amides is 1. The van der Waals surface area contributed by atoms with Gasteiger partial charge in [-0.1, -0.05) is 18.9 Å². The Bertz CT molecular complexity index is 1140. The lowest BCUT2D eigenvalue weighted by Gasteiger charge is -2.23. The van der Waals surface area contributed by atoms with E-state index in [4.69, 9.17) is 0 Å². The Morgan fingerprint density at radius 1 is 1.03 bits per heavy atom. The maximum atomic E-state index is 13.1. The normalized spacial score (nSPS) is 20.3. The van der Waals surface area contributed by atoms with E-state index in [0.29, 0.717) is 23.4 Å². The molecule has 33 heavy (non-hydrogen) atoms. The van der Waals surface area contributed by atoms with Crippen molar-refractivity contribution in [1.82, 2.24) is 4.90 Å². The van der Waals surface area contributed by atoms with E-state index in [1.54, 1.807) is 24.3 Å². The summed E-state index contributed by atoms with van der Waals surface area (Å²) in [6, 6.07) is 10.7. The molecule has 2 aromatic carbocycles. The van der Waals surface area contributed by atoms with Crippen LogP contribution in [-0.2, 0) is 11.3 Å². The molecule has 0 bridgehead atoms. The van der Waals surface area contributed by atoms with Crippen LogP contribution in [0.5, 0.6) is 11.5 Å². The fourth-order valence-corrected chi connectivity index (χ4v) is 4.57. The molecule has 2 atom stereocenters. The number of phenolic OH excluding ortho intramolecular Hbond substituents is 2. The van der Waals surface area contributed by atoms with Crippen LogP contribution in [0.15, 0.2) is 64.1 Å². The summed E-state index contributed by atoms with van der Waals surface area (Å²) in [4.78, 5) is 27.2. The molecular weight excluding hydrogens is 422 g/mol. The summed E-state index contributed by atoms with van der Waals surface area (Å²) < 4.78 is 0. The van der Waals surface area contributed by atoms with Gasteiger partial charge in [-0.2, -0.15) is 5.11 Å². The number of hydrogen-bond acceptors (Lipinski definition) is 7. The molecular formula is C25H27N3O5. The van der Waals surface area contributed by atoms with Gasteiger partial charge in [0.1, 0.15) is 17.3 Å². The van der Waals surface area contributed by atoms with Crippen molar-refractivity contribution >= 4 is 17.4 Å². The van der Waals surface area contributed by atoms with Gasteiger partial charge in [0.15, 0.2) is 11.5 Å². The van der Waals surface area contributed by atoms with Gasteiger partial charge < -0.3 is 20.2 Å². The topological polar surface area (TPSA) is 123 Å². The van der Waals surface area contributed by atoms with E-state index in [9.17, 15) is 24.9 Å². The molecule has 0 aliphatic heterocycles. The smallest absolute Gasteiger partial charge is 0.254 e. The van der Waals surface area contributed by atoms with Gasteiger partial charge in [0.2, 0.25) is 0 Å². The molecule has 1 amide bonds. The first kappa shape index (κ1) is 22.5. The average molecular weight is 450 g/mol. The SMILES string of the molecule is CCN(Cc1cc(O)ccc1O)C(=O)c1cccc(N=NC2=C(O)C3CCCCC3C2=O)c1. The summed E-state index contributed by atoms with van der Waals surface area (Å²) in [6.45, 7) is 2.33. The Morgan fingerprint density at radius 2 is 1.79 bits per heavy atom. The number of azo groups is 1. The molecule has 0 heterocycles. The molecule has 8 nitrogen and oxygen atoms in total. The number of nitrogens with zero attached hydrogens (tertiary/aromatic N) is 3. The molecule has 2 unspecified atom stereocenters. The zero-order valence-electron chi connectivity index (χ0n) is 18.4. The number of fused-ring (bicyclic) bond motifs is 1. The molecule has 172 valence electrons. The molecule has 0 saturated heterocycles. The quantitative estimate of drug-likeness (QED) is 0.423. The predicted octanol–water partition coefficient (Wildman–Crippen LogP) is 5.00. The number of allylic oxidation sites excluding steroid dienone is 2. The van der Waals surface area contributed by atoms with Crippen LogP contribution in [0.3, 0.4) is 0 Å². The van der Waals surface area contributed by atoms with Crippen LogP contribution in [0.25, 0.3) is 0 Å². The molecule has 1 fully saturated rings. The van der Waals surface area contributed by atoms with Gasteiger partial charge in [0.25, 0.3) is 5.91 Å². The third-order valence-corrected chi connectivity index (χ3v) is 6.38. The van der Waals surface area contributed by atoms with Crippen LogP contribution in [0.2, 0.25) is 0 Å². The van der Waals surface area contributed by atoms with Crippen LogP contribution < -0.4 is 0 Å². The van der Waals surface area contributed by atoms with Gasteiger partial charge >= 0.3 is 0 Å². The summed E-state index contributed by atoms with van der Waals surface area (Å²) in [7, 11) is 0. The zero-order chi connectivity index (χ0) is 23.5. The number of aromatic hydroxyl groups is 2. The lowest BCUT2D eigenvalue weighted by molar-refractivity contribution is -0.120. The highest BCUT2D eigenvalue weighted by Crippen LogP contribution is 2.43. The Morgan fingerprint density at radius 3 is 2.52 bits per heavy atom. The Kier molecular flexibility index (Phi) is 6.44. The van der Waals surface area contributed by atoms with Crippen LogP contribution in [-0.4, -0.2) is 38.5 Å². The van der Waals surface area contributed by atoms with E-state index in [-0.39, 0.29) is 53.0 Å². The van der Waals surface area contributed by atoms with E-state index in [1.165, 1.54) is 23.1 Å². The van der Waals surface area contributed by atoms with Crippen molar-refractivity contribution in [3.8, 4) is 11.5 Å². The highest BCUT2D eigenvalue weighted by atomic mass is 16.3. The minimum absolute atomic E-state index is 0.00326. The maximum absolute atomic E-state index is 13.1. The molecule has 2 aliphatic carbocycles. The molecule has 1 saturated carbocycles. The lowest BCUT2D eigenvalue weighted by Crippen LogP contribution is -2.30. The predicted molar refractivity (Wildman–Crippen MR) is 121 cm³/mol. The van der Waals surface area contributed by atoms with E-state index in [2.05, 4.69) is 10.2 Å². The average Bonchev–Trinajstić information content (AvgIpc) is 3.07. The number of rotatable bonds is 6. The fourth-order valence-electron chi connectivity index (χ4n) is 4.57. The summed E-state index contributed by atoms with van der Waals surface area (Å²) >= 11 is 0. The highest BCUT2D eigenvalue weighted by molar-refractivity contribution is 6.00. The van der Waals surface area contributed by atoms with Crippen molar-refractivity contribution < 1.29 is 24.9 Å². The van der Waals surface area contributed by atoms with Gasteiger partial charge in [0.05, 0.1) is 5.69 Å². The largest absolute Gasteiger partial charge is 0.510 e. The first-order valence-corrected chi connectivity index (χ1v) is 11.2. The molecule has 0 spiro atoms. The number of carbonyl (C=O) groups excluding carboxylic acids is 2. The summed E-state index contributed by atoms with van der Waals surface area (Å²) in [5, 5.41) is 38.4. The van der Waals surface area contributed by atoms with E-state index < -0.39 is 0 Å². The monoisotopic (exact) mass is 449 g/mol. The number of aliphatic hydroxyl groups excluding tert-OH is 1. The van der Waals surface area contributed by atoms with Gasteiger partial charge in [-0.05, 0) is 56.2 Å². The Balaban J connectivity index is 1.52. The lowest BCUT2D eigenvalue weighted by atomic mass is 9.80. The number of aliphatic hydroxyl groups is 1. The zero-order valence-corrected chi connectivity index (χ0v) is 18.4. The Labute approximate surface area is 191 Å². The van der Waals surface area contributed by atoms with Crippen molar-refractivity contribution in [3.63, 3.8) is 0 Å². The fraction of sp³-hybridized carbons (Fsp3) is 0.360. The summed E-state index contributed by atoms with van der Waals surface area (Å²) in [5.74, 6) is -0.751. The van der Waals surface area contributed by atoms with Gasteiger partial charge in [0, 0.05) is 36.1 Å². The molecule has 0 aromatic heterocycles. The molecule has 3 N–H and O–H groups in total. The second-order valence-electron chi connectivity index (χ2n) is 8.48. The molecule has 8 heteroatoms. The van der Waals surface area contributed by atoms with E-state index in [1.807, 2.05) is 6.92 Å². The number of carbonyl (C=O) groups is 2. The number of phenols is 2. The standard InChI is InChI=1S/C25H27N3O5/c1-2-28(14-16-13-18(29)10-11-21(16)30)25(33)15-6-5-7-17(12-15)26-27-22-23(31)19-8-3-4-9-20(19)24(22)32/h5-7,10-13,19-20,29-31H,2-4,8-9,14H2,1H3. The molecule has 2 aromatic rings. The van der Waals surface area contributed by atoms with Crippen molar-refractivity contribution in [2.75, 3.05) is 6.54 Å². The second kappa shape index (κ2) is 9.44. The number of benzene rings is 2. The first-order chi connectivity index (χ1) is 15.9. The second-order valence-corrected chi connectivity index (χ2v) is 8.48. The van der Waals surface area contributed by atoms with Crippen molar-refractivity contribution in [2.45, 2.75) is 39.2 Å². The minimum atomic E-state index is -0.276. The summed E-state index contributed by atoms with van der Waals surface area (Å²) in [6.07, 6.45) is 3.51. The third-order valence-electron chi connectivity index (χ3n) is 6.38. The Hall–Kier alpha value is -3.68. The van der Waals surface area contributed by atoms with Crippen LogP contribution in [0, 0.1) is 11.8 Å². The van der Waals surface area contributed by atoms with Crippen LogP contribution >= 0.6 is 0 Å². The van der Waals surface area contributed by atoms with Gasteiger partial charge in [-0.3, -0.25) is 9.59 Å². The number of hydrogen-bond donors (Lipinski definition) is 3. The van der Waals surface area contributed by atoms with E-state index >= 15 is 0 Å². The van der Waals surface area contributed by atoms with Crippen LogP contribution in [0.4, 0.5) is 5.69 Å². The number of ketones is 1. The molecule has 4 rings (SSSR count). The molecule has 2 aliphatic rings. The maximum Gasteiger partial charge on any atom is 0.254 e. The van der Waals surface area contributed by atoms with E-state index in [0.717, 1.165) is 25.7 Å². The van der Waals surface area contributed by atoms with Crippen molar-refractivity contribution in [1.29, 1.82) is 0 Å². The number of Topliss-reactive ketones (excluding diaryl/α,β-unsaturated/α-hetero) is 1. The van der Waals surface area contributed by atoms with Crippen LogP contribution in [0.1, 0.15) is 48.5 Å². The minimum Gasteiger partial charge on any atom is -0.510 e. The third kappa shape index (κ3) is 4.60.